The summed E-state index contributed by atoms with van der Waals surface area (Å²) < 4.78 is 2.62. The Morgan fingerprint density at radius 2 is 0.960 bits per heavy atom. The molecule has 2 nitrogen and oxygen atoms in total. The minimum Gasteiger partial charge on any atom is -0.228 e. The zero-order valence-corrected chi connectivity index (χ0v) is 27.9. The first-order valence-corrected chi connectivity index (χ1v) is 17.8. The minimum absolute atomic E-state index is 0.488. The number of thiophene rings is 1. The molecule has 9 aromatic rings. The number of rotatable bonds is 5. The third-order valence-corrected chi connectivity index (χ3v) is 11.4. The second-order valence-corrected chi connectivity index (χ2v) is 14.0. The van der Waals surface area contributed by atoms with E-state index >= 15 is 0 Å². The molecule has 234 valence electrons. The Hall–Kier alpha value is -6.16. The van der Waals surface area contributed by atoms with E-state index in [2.05, 4.69) is 170 Å². The molecule has 2 aromatic heterocycles. The molecule has 0 unspecified atom stereocenters. The number of hydrogen-bond acceptors (Lipinski definition) is 3. The first-order valence-electron chi connectivity index (χ1n) is 17.0. The molecule has 0 amide bonds. The molecule has 0 saturated carbocycles. The summed E-state index contributed by atoms with van der Waals surface area (Å²) >= 11 is 1.89. The van der Waals surface area contributed by atoms with E-state index in [0.717, 1.165) is 33.9 Å². The van der Waals surface area contributed by atoms with Gasteiger partial charge in [0.2, 0.25) is 0 Å². The van der Waals surface area contributed by atoms with E-state index in [1.165, 1.54) is 53.6 Å². The second-order valence-electron chi connectivity index (χ2n) is 12.9. The molecular weight excluding hydrogens is 625 g/mol. The smallest absolute Gasteiger partial charge is 0.160 e. The highest BCUT2D eigenvalue weighted by molar-refractivity contribution is 7.26. The Kier molecular flexibility index (Phi) is 6.61. The van der Waals surface area contributed by atoms with Crippen molar-refractivity contribution in [2.24, 2.45) is 0 Å². The van der Waals surface area contributed by atoms with E-state index in [-0.39, 0.29) is 0 Å². The van der Waals surface area contributed by atoms with Crippen LogP contribution in [0.3, 0.4) is 0 Å². The Morgan fingerprint density at radius 3 is 1.58 bits per heavy atom. The van der Waals surface area contributed by atoms with Crippen LogP contribution < -0.4 is 0 Å². The molecular formula is C47H30N2S. The van der Waals surface area contributed by atoms with Crippen LogP contribution in [-0.2, 0) is 5.41 Å². The van der Waals surface area contributed by atoms with Crippen molar-refractivity contribution in [3.05, 3.63) is 204 Å². The number of fused-ring (bicyclic) bond motifs is 7. The predicted octanol–water partition coefficient (Wildman–Crippen LogP) is 12.2. The van der Waals surface area contributed by atoms with Gasteiger partial charge in [-0.1, -0.05) is 164 Å². The van der Waals surface area contributed by atoms with Gasteiger partial charge in [-0.2, -0.15) is 0 Å². The summed E-state index contributed by atoms with van der Waals surface area (Å²) in [6, 6.07) is 65.4. The fourth-order valence-corrected chi connectivity index (χ4v) is 9.25. The Labute approximate surface area is 295 Å². The summed E-state index contributed by atoms with van der Waals surface area (Å²) in [6.07, 6.45) is 0. The molecule has 0 spiro atoms. The van der Waals surface area contributed by atoms with Crippen molar-refractivity contribution in [3.8, 4) is 45.0 Å². The number of hydrogen-bond donors (Lipinski definition) is 0. The lowest BCUT2D eigenvalue weighted by atomic mass is 9.67. The molecule has 3 heteroatoms. The van der Waals surface area contributed by atoms with Crippen molar-refractivity contribution >= 4 is 31.5 Å². The van der Waals surface area contributed by atoms with Crippen molar-refractivity contribution in [3.63, 3.8) is 0 Å². The molecule has 0 aliphatic heterocycles. The van der Waals surface area contributed by atoms with Gasteiger partial charge >= 0.3 is 0 Å². The standard InChI is InChI=1S/C47H30N2S/c1-5-15-31(16-6-1)41-30-42(32-17-7-2-8-18-32)49-46(48-41)33-25-27-39-38(29-33)44-40(28-26-37-36-23-13-14-24-43(36)50-45(37)44)47(39,34-19-9-3-10-20-34)35-21-11-4-12-22-35/h1-30H. The Morgan fingerprint density at radius 1 is 0.420 bits per heavy atom. The third kappa shape index (κ3) is 4.34. The molecule has 50 heavy (non-hydrogen) atoms. The molecule has 7 aromatic carbocycles. The lowest BCUT2D eigenvalue weighted by Crippen LogP contribution is -2.28. The number of aromatic nitrogens is 2. The molecule has 0 N–H and O–H groups in total. The van der Waals surface area contributed by atoms with E-state index in [1.54, 1.807) is 0 Å². The van der Waals surface area contributed by atoms with Gasteiger partial charge in [0.1, 0.15) is 0 Å². The average Bonchev–Trinajstić information content (AvgIpc) is 3.73. The van der Waals surface area contributed by atoms with Gasteiger partial charge < -0.3 is 0 Å². The lowest BCUT2D eigenvalue weighted by Gasteiger charge is -2.33. The molecule has 10 rings (SSSR count). The molecule has 0 bridgehead atoms. The normalized spacial score (nSPS) is 13.0. The van der Waals surface area contributed by atoms with Gasteiger partial charge in [-0.05, 0) is 46.0 Å². The first kappa shape index (κ1) is 28.8. The van der Waals surface area contributed by atoms with E-state index < -0.39 is 5.41 Å². The van der Waals surface area contributed by atoms with Crippen LogP contribution in [0.15, 0.2) is 182 Å². The van der Waals surface area contributed by atoms with Crippen molar-refractivity contribution in [1.82, 2.24) is 9.97 Å². The molecule has 1 aliphatic carbocycles. The largest absolute Gasteiger partial charge is 0.228 e. The van der Waals surface area contributed by atoms with Crippen LogP contribution in [0.5, 0.6) is 0 Å². The monoisotopic (exact) mass is 654 g/mol. The molecule has 0 fully saturated rings. The summed E-state index contributed by atoms with van der Waals surface area (Å²) in [6.45, 7) is 0. The maximum absolute atomic E-state index is 5.22. The fraction of sp³-hybridized carbons (Fsp3) is 0.0213. The maximum atomic E-state index is 5.22. The van der Waals surface area contributed by atoms with Crippen LogP contribution in [0.4, 0.5) is 0 Å². The fourth-order valence-electron chi connectivity index (χ4n) is 7.99. The highest BCUT2D eigenvalue weighted by Gasteiger charge is 2.47. The summed E-state index contributed by atoms with van der Waals surface area (Å²) in [5.74, 6) is 0.718. The van der Waals surface area contributed by atoms with Gasteiger partial charge in [-0.15, -0.1) is 11.3 Å². The molecule has 0 radical (unpaired) electrons. The van der Waals surface area contributed by atoms with Gasteiger partial charge in [0.15, 0.2) is 5.82 Å². The van der Waals surface area contributed by atoms with Crippen molar-refractivity contribution < 1.29 is 0 Å². The quantitative estimate of drug-likeness (QED) is 0.185. The van der Waals surface area contributed by atoms with Gasteiger partial charge in [-0.3, -0.25) is 0 Å². The summed E-state index contributed by atoms with van der Waals surface area (Å²) in [5.41, 5.74) is 12.1. The highest BCUT2D eigenvalue weighted by atomic mass is 32.1. The number of nitrogens with zero attached hydrogens (tertiary/aromatic N) is 2. The van der Waals surface area contributed by atoms with Crippen LogP contribution >= 0.6 is 11.3 Å². The van der Waals surface area contributed by atoms with Crippen molar-refractivity contribution in [2.45, 2.75) is 5.41 Å². The molecule has 0 atom stereocenters. The van der Waals surface area contributed by atoms with Gasteiger partial charge in [-0.25, -0.2) is 9.97 Å². The van der Waals surface area contributed by atoms with Crippen LogP contribution in [0, 0.1) is 0 Å². The first-order chi connectivity index (χ1) is 24.8. The average molecular weight is 655 g/mol. The predicted molar refractivity (Wildman–Crippen MR) is 209 cm³/mol. The molecule has 1 aliphatic rings. The topological polar surface area (TPSA) is 25.8 Å². The van der Waals surface area contributed by atoms with Gasteiger partial charge in [0.05, 0.1) is 16.8 Å². The SMILES string of the molecule is c1ccc(-c2cc(-c3ccccc3)nc(-c3ccc4c(c3)-c3c(ccc5c3sc3ccccc35)C4(c3ccccc3)c3ccccc3)n2)cc1. The lowest BCUT2D eigenvalue weighted by molar-refractivity contribution is 0.769. The van der Waals surface area contributed by atoms with Crippen LogP contribution in [0.1, 0.15) is 22.3 Å². The summed E-state index contributed by atoms with van der Waals surface area (Å²) in [5, 5.41) is 2.60. The van der Waals surface area contributed by atoms with E-state index in [1.807, 2.05) is 23.5 Å². The van der Waals surface area contributed by atoms with Crippen LogP contribution in [0.25, 0.3) is 65.2 Å². The number of benzene rings is 7. The zero-order chi connectivity index (χ0) is 33.1. The van der Waals surface area contributed by atoms with E-state index in [4.69, 9.17) is 9.97 Å². The van der Waals surface area contributed by atoms with E-state index in [9.17, 15) is 0 Å². The Bertz CT molecular complexity index is 2580. The van der Waals surface area contributed by atoms with E-state index in [0.29, 0.717) is 0 Å². The Balaban J connectivity index is 1.29. The second kappa shape index (κ2) is 11.5. The zero-order valence-electron chi connectivity index (χ0n) is 27.1. The summed E-state index contributed by atoms with van der Waals surface area (Å²) in [4.78, 5) is 10.4. The maximum Gasteiger partial charge on any atom is 0.160 e. The van der Waals surface area contributed by atoms with Crippen molar-refractivity contribution in [1.29, 1.82) is 0 Å². The highest BCUT2D eigenvalue weighted by Crippen LogP contribution is 2.59. The molecule has 0 saturated heterocycles. The van der Waals surface area contributed by atoms with Crippen molar-refractivity contribution in [2.75, 3.05) is 0 Å². The van der Waals surface area contributed by atoms with Crippen LogP contribution in [-0.4, -0.2) is 9.97 Å². The third-order valence-electron chi connectivity index (χ3n) is 10.2. The van der Waals surface area contributed by atoms with Gasteiger partial charge in [0.25, 0.3) is 0 Å². The van der Waals surface area contributed by atoms with Crippen LogP contribution in [0.2, 0.25) is 0 Å². The summed E-state index contributed by atoms with van der Waals surface area (Å²) in [7, 11) is 0. The minimum atomic E-state index is -0.488. The molecule has 2 heterocycles. The van der Waals surface area contributed by atoms with Gasteiger partial charge in [0, 0.05) is 42.4 Å².